The number of nitrogens with zero attached hydrogens (tertiary/aromatic N) is 1. The summed E-state index contributed by atoms with van der Waals surface area (Å²) >= 11 is 0. The van der Waals surface area contributed by atoms with Crippen LogP contribution in [-0.2, 0) is 0 Å². The highest BCUT2D eigenvalue weighted by atomic mass is 19.2. The van der Waals surface area contributed by atoms with Crippen molar-refractivity contribution in [3.8, 4) is 0 Å². The molecule has 0 aliphatic rings. The Morgan fingerprint density at radius 2 is 2.18 bits per heavy atom. The lowest BCUT2D eigenvalue weighted by Crippen LogP contribution is -2.00. The molecule has 0 aromatic carbocycles. The average molecular weight is 157 g/mol. The second-order valence-corrected chi connectivity index (χ2v) is 2.02. The molecule has 0 bridgehead atoms. The molecule has 11 heavy (non-hydrogen) atoms. The van der Waals surface area contributed by atoms with Gasteiger partial charge in [-0.2, -0.15) is 4.39 Å². The molecule has 1 aromatic rings. The van der Waals surface area contributed by atoms with E-state index in [9.17, 15) is 13.6 Å². The fourth-order valence-corrected chi connectivity index (χ4v) is 0.690. The number of hydrogen-bond acceptors (Lipinski definition) is 2. The van der Waals surface area contributed by atoms with Gasteiger partial charge in [-0.25, -0.2) is 9.37 Å². The largest absolute Gasteiger partial charge is 0.294 e. The molecular weight excluding hydrogens is 152 g/mol. The molecule has 0 aliphatic carbocycles. The summed E-state index contributed by atoms with van der Waals surface area (Å²) in [5.74, 6) is -2.93. The molecular formula is C7H5F2NO. The topological polar surface area (TPSA) is 30.0 Å². The van der Waals surface area contributed by atoms with Gasteiger partial charge in [-0.3, -0.25) is 4.79 Å². The number of aromatic nitrogens is 1. The van der Waals surface area contributed by atoms with Crippen LogP contribution in [0.2, 0.25) is 0 Å². The molecule has 0 unspecified atom stereocenters. The number of hydrogen-bond donors (Lipinski definition) is 0. The van der Waals surface area contributed by atoms with Crippen molar-refractivity contribution in [2.24, 2.45) is 0 Å². The number of halogens is 2. The second-order valence-electron chi connectivity index (χ2n) is 2.02. The van der Waals surface area contributed by atoms with Crippen LogP contribution in [0.25, 0.3) is 0 Å². The number of rotatable bonds is 1. The van der Waals surface area contributed by atoms with E-state index >= 15 is 0 Å². The Hall–Kier alpha value is -1.32. The van der Waals surface area contributed by atoms with Crippen molar-refractivity contribution in [2.75, 3.05) is 0 Å². The zero-order valence-electron chi connectivity index (χ0n) is 5.77. The van der Waals surface area contributed by atoms with Crippen LogP contribution in [0.4, 0.5) is 8.78 Å². The van der Waals surface area contributed by atoms with Crippen LogP contribution in [0.5, 0.6) is 0 Å². The molecule has 1 aromatic heterocycles. The zero-order chi connectivity index (χ0) is 8.43. The molecule has 4 heteroatoms. The van der Waals surface area contributed by atoms with Crippen LogP contribution in [0.15, 0.2) is 12.3 Å². The molecule has 0 spiro atoms. The molecule has 1 rings (SSSR count). The summed E-state index contributed by atoms with van der Waals surface area (Å²) in [6.07, 6.45) is 1.05. The predicted molar refractivity (Wildman–Crippen MR) is 34.2 cm³/mol. The Balaban J connectivity index is 3.27. The predicted octanol–water partition coefficient (Wildman–Crippen LogP) is 1.56. The van der Waals surface area contributed by atoms with Crippen molar-refractivity contribution in [3.63, 3.8) is 0 Å². The van der Waals surface area contributed by atoms with Gasteiger partial charge in [0.15, 0.2) is 11.6 Å². The van der Waals surface area contributed by atoms with E-state index in [1.54, 1.807) is 0 Å². The maximum Gasteiger partial charge on any atom is 0.249 e. The van der Waals surface area contributed by atoms with Crippen LogP contribution in [0.1, 0.15) is 17.3 Å². The van der Waals surface area contributed by atoms with Crippen LogP contribution in [0.3, 0.4) is 0 Å². The van der Waals surface area contributed by atoms with Gasteiger partial charge in [0, 0.05) is 6.20 Å². The zero-order valence-corrected chi connectivity index (χ0v) is 5.77. The van der Waals surface area contributed by atoms with Crippen molar-refractivity contribution < 1.29 is 13.6 Å². The van der Waals surface area contributed by atoms with E-state index in [0.717, 1.165) is 19.2 Å². The summed E-state index contributed by atoms with van der Waals surface area (Å²) in [5, 5.41) is 0. The maximum atomic E-state index is 12.6. The molecule has 58 valence electrons. The first-order chi connectivity index (χ1) is 5.13. The fourth-order valence-electron chi connectivity index (χ4n) is 0.690. The van der Waals surface area contributed by atoms with E-state index in [0.29, 0.717) is 0 Å². The van der Waals surface area contributed by atoms with Gasteiger partial charge in [0.25, 0.3) is 0 Å². The van der Waals surface area contributed by atoms with Gasteiger partial charge in [-0.05, 0) is 13.0 Å². The lowest BCUT2D eigenvalue weighted by molar-refractivity contribution is 0.101. The molecule has 2 nitrogen and oxygen atoms in total. The van der Waals surface area contributed by atoms with E-state index in [4.69, 9.17) is 0 Å². The summed E-state index contributed by atoms with van der Waals surface area (Å²) in [5.41, 5.74) is -0.266. The SMILES string of the molecule is CC(=O)c1ccnc(F)c1F. The molecule has 0 atom stereocenters. The standard InChI is InChI=1S/C7H5F2NO/c1-4(11)5-2-3-10-7(9)6(5)8/h2-3H,1H3. The lowest BCUT2D eigenvalue weighted by Gasteiger charge is -1.96. The van der Waals surface area contributed by atoms with Crippen molar-refractivity contribution in [2.45, 2.75) is 6.92 Å². The molecule has 0 fully saturated rings. The minimum absolute atomic E-state index is 0.266. The van der Waals surface area contributed by atoms with Gasteiger partial charge in [-0.15, -0.1) is 0 Å². The van der Waals surface area contributed by atoms with E-state index < -0.39 is 17.5 Å². The third-order valence-electron chi connectivity index (χ3n) is 1.23. The first kappa shape index (κ1) is 7.78. The molecule has 0 N–H and O–H groups in total. The quantitative estimate of drug-likeness (QED) is 0.457. The maximum absolute atomic E-state index is 12.6. The van der Waals surface area contributed by atoms with E-state index in [-0.39, 0.29) is 5.56 Å². The molecule has 0 radical (unpaired) electrons. The van der Waals surface area contributed by atoms with Gasteiger partial charge >= 0.3 is 0 Å². The highest BCUT2D eigenvalue weighted by Crippen LogP contribution is 2.08. The molecule has 0 saturated heterocycles. The fraction of sp³-hybridized carbons (Fsp3) is 0.143. The third kappa shape index (κ3) is 1.39. The molecule has 0 aliphatic heterocycles. The smallest absolute Gasteiger partial charge is 0.249 e. The van der Waals surface area contributed by atoms with Gasteiger partial charge in [-0.1, -0.05) is 0 Å². The van der Waals surface area contributed by atoms with Crippen LogP contribution in [-0.4, -0.2) is 10.8 Å². The number of Topliss-reactive ketones (excluding diaryl/α,β-unsaturated/α-hetero) is 1. The number of ketones is 1. The monoisotopic (exact) mass is 157 g/mol. The second kappa shape index (κ2) is 2.74. The van der Waals surface area contributed by atoms with Crippen molar-refractivity contribution in [3.05, 3.63) is 29.6 Å². The van der Waals surface area contributed by atoms with Crippen molar-refractivity contribution >= 4 is 5.78 Å². The summed E-state index contributed by atoms with van der Waals surface area (Å²) < 4.78 is 24.9. The minimum Gasteiger partial charge on any atom is -0.294 e. The highest BCUT2D eigenvalue weighted by molar-refractivity contribution is 5.94. The normalized spacial score (nSPS) is 9.73. The Bertz CT molecular complexity index is 298. The average Bonchev–Trinajstić information content (AvgIpc) is 1.94. The van der Waals surface area contributed by atoms with Crippen LogP contribution in [0, 0.1) is 11.8 Å². The van der Waals surface area contributed by atoms with Gasteiger partial charge in [0.05, 0.1) is 5.56 Å². The number of pyridine rings is 1. The van der Waals surface area contributed by atoms with Gasteiger partial charge < -0.3 is 0 Å². The summed E-state index contributed by atoms with van der Waals surface area (Å²) in [6, 6.07) is 1.14. The Morgan fingerprint density at radius 3 is 2.64 bits per heavy atom. The Labute approximate surface area is 61.9 Å². The lowest BCUT2D eigenvalue weighted by atomic mass is 10.2. The van der Waals surface area contributed by atoms with Gasteiger partial charge in [0.1, 0.15) is 0 Å². The first-order valence-corrected chi connectivity index (χ1v) is 2.94. The minimum atomic E-state index is -1.24. The van der Waals surface area contributed by atoms with Crippen molar-refractivity contribution in [1.82, 2.24) is 4.98 Å². The molecule has 0 amide bonds. The van der Waals surface area contributed by atoms with E-state index in [1.165, 1.54) is 0 Å². The third-order valence-corrected chi connectivity index (χ3v) is 1.23. The Kier molecular flexibility index (Phi) is 1.94. The van der Waals surface area contributed by atoms with Crippen LogP contribution < -0.4 is 0 Å². The Morgan fingerprint density at radius 1 is 1.55 bits per heavy atom. The summed E-state index contributed by atoms with van der Waals surface area (Å²) in [6.45, 7) is 1.16. The molecule has 1 heterocycles. The highest BCUT2D eigenvalue weighted by Gasteiger charge is 2.11. The molecule has 0 saturated carbocycles. The van der Waals surface area contributed by atoms with E-state index in [2.05, 4.69) is 4.98 Å². The number of carbonyl (C=O) groups excluding carboxylic acids is 1. The number of carbonyl (C=O) groups is 1. The van der Waals surface area contributed by atoms with E-state index in [1.807, 2.05) is 0 Å². The van der Waals surface area contributed by atoms with Crippen LogP contribution >= 0.6 is 0 Å². The van der Waals surface area contributed by atoms with Crippen molar-refractivity contribution in [1.29, 1.82) is 0 Å². The van der Waals surface area contributed by atoms with Gasteiger partial charge in [0.2, 0.25) is 5.95 Å². The summed E-state index contributed by atoms with van der Waals surface area (Å²) in [4.78, 5) is 13.6. The summed E-state index contributed by atoms with van der Waals surface area (Å²) in [7, 11) is 0. The first-order valence-electron chi connectivity index (χ1n) is 2.94.